The van der Waals surface area contributed by atoms with E-state index in [1.54, 1.807) is 29.2 Å². The van der Waals surface area contributed by atoms with Crippen molar-refractivity contribution in [2.24, 2.45) is 0 Å². The fourth-order valence-electron chi connectivity index (χ4n) is 3.61. The van der Waals surface area contributed by atoms with Gasteiger partial charge in [-0.05, 0) is 57.9 Å². The molecule has 0 aromatic heterocycles. The predicted molar refractivity (Wildman–Crippen MR) is 115 cm³/mol. The van der Waals surface area contributed by atoms with Gasteiger partial charge in [0.05, 0.1) is 40.8 Å². The Morgan fingerprint density at radius 1 is 1.33 bits per heavy atom. The molecule has 0 radical (unpaired) electrons. The zero-order valence-corrected chi connectivity index (χ0v) is 18.3. The van der Waals surface area contributed by atoms with Crippen molar-refractivity contribution >= 4 is 39.3 Å². The second kappa shape index (κ2) is 8.20. The Morgan fingerprint density at radius 2 is 2.07 bits per heavy atom. The Hall–Kier alpha value is -2.70. The number of allylic oxidation sites excluding steroid dienone is 1. The lowest BCUT2D eigenvalue weighted by Crippen LogP contribution is -2.47. The lowest BCUT2D eigenvalue weighted by atomic mass is 9.86. The van der Waals surface area contributed by atoms with Crippen molar-refractivity contribution in [2.45, 2.75) is 12.3 Å². The first-order chi connectivity index (χ1) is 14.4. The fraction of sp³-hybridized carbons (Fsp3) is 0.238. The highest BCUT2D eigenvalue weighted by Gasteiger charge is 2.38. The minimum Gasteiger partial charge on any atom is -0.503 e. The average Bonchev–Trinajstić information content (AvgIpc) is 2.76. The van der Waals surface area contributed by atoms with Crippen molar-refractivity contribution in [1.82, 2.24) is 4.90 Å². The third-order valence-corrected chi connectivity index (χ3v) is 6.92. The van der Waals surface area contributed by atoms with E-state index >= 15 is 0 Å². The summed E-state index contributed by atoms with van der Waals surface area (Å²) in [5, 5.41) is 20.6. The molecule has 0 spiro atoms. The van der Waals surface area contributed by atoms with E-state index in [0.717, 1.165) is 11.3 Å². The molecular formula is C21H17BrFN3O3S. The van der Waals surface area contributed by atoms with Gasteiger partial charge in [0, 0.05) is 18.0 Å². The maximum atomic E-state index is 13.2. The van der Waals surface area contributed by atoms with E-state index in [2.05, 4.69) is 22.0 Å². The molecule has 1 N–H and O–H groups in total. The lowest BCUT2D eigenvalue weighted by Gasteiger charge is -2.42. The van der Waals surface area contributed by atoms with Gasteiger partial charge in [-0.3, -0.25) is 9.69 Å². The fourth-order valence-corrected chi connectivity index (χ4v) is 5.24. The first kappa shape index (κ1) is 20.6. The molecule has 2 aromatic carbocycles. The number of benzene rings is 2. The summed E-state index contributed by atoms with van der Waals surface area (Å²) in [6.45, 7) is 0.299. The SMILES string of the molecule is COc1cc([C@H]2CC(=O)N3CN(c4ccc(F)cc4)CSC3=C2C#N)cc(Br)c1O. The molecule has 1 saturated heterocycles. The number of amides is 1. The maximum absolute atomic E-state index is 13.2. The second-order valence-corrected chi connectivity index (χ2v) is 8.68. The van der Waals surface area contributed by atoms with Crippen molar-refractivity contribution in [3.63, 3.8) is 0 Å². The largest absolute Gasteiger partial charge is 0.503 e. The van der Waals surface area contributed by atoms with Crippen molar-refractivity contribution in [1.29, 1.82) is 5.26 Å². The van der Waals surface area contributed by atoms with E-state index in [-0.39, 0.29) is 29.6 Å². The van der Waals surface area contributed by atoms with Gasteiger partial charge in [0.15, 0.2) is 11.5 Å². The molecule has 0 aliphatic carbocycles. The highest BCUT2D eigenvalue weighted by molar-refractivity contribution is 9.10. The molecule has 1 atom stereocenters. The van der Waals surface area contributed by atoms with Crippen LogP contribution < -0.4 is 9.64 Å². The van der Waals surface area contributed by atoms with Gasteiger partial charge in [-0.15, -0.1) is 0 Å². The summed E-state index contributed by atoms with van der Waals surface area (Å²) in [4.78, 5) is 16.6. The van der Waals surface area contributed by atoms with Crippen LogP contribution in [0.5, 0.6) is 11.5 Å². The summed E-state index contributed by atoms with van der Waals surface area (Å²) < 4.78 is 18.9. The number of hydrogen-bond acceptors (Lipinski definition) is 6. The van der Waals surface area contributed by atoms with Crippen LogP contribution in [0.1, 0.15) is 17.9 Å². The van der Waals surface area contributed by atoms with Crippen molar-refractivity contribution in [3.8, 4) is 17.6 Å². The summed E-state index contributed by atoms with van der Waals surface area (Å²) in [7, 11) is 1.45. The van der Waals surface area contributed by atoms with Gasteiger partial charge in [-0.25, -0.2) is 4.39 Å². The molecule has 30 heavy (non-hydrogen) atoms. The highest BCUT2D eigenvalue weighted by Crippen LogP contribution is 2.46. The Labute approximate surface area is 185 Å². The molecule has 2 aliphatic heterocycles. The van der Waals surface area contributed by atoms with Crippen LogP contribution in [-0.4, -0.2) is 35.6 Å². The van der Waals surface area contributed by atoms with E-state index in [1.807, 2.05) is 4.90 Å². The normalized spacial score (nSPS) is 18.9. The smallest absolute Gasteiger partial charge is 0.229 e. The van der Waals surface area contributed by atoms with E-state index in [9.17, 15) is 19.6 Å². The number of phenolic OH excluding ortho intramolecular Hbond substituents is 1. The van der Waals surface area contributed by atoms with Crippen LogP contribution in [0.4, 0.5) is 10.1 Å². The molecule has 0 unspecified atom stereocenters. The predicted octanol–water partition coefficient (Wildman–Crippen LogP) is 4.52. The second-order valence-electron chi connectivity index (χ2n) is 6.89. The number of aromatic hydroxyl groups is 1. The van der Waals surface area contributed by atoms with E-state index in [1.165, 1.54) is 31.0 Å². The number of carbonyl (C=O) groups is 1. The van der Waals surface area contributed by atoms with Crippen molar-refractivity contribution < 1.29 is 19.0 Å². The summed E-state index contributed by atoms with van der Waals surface area (Å²) >= 11 is 4.71. The number of fused-ring (bicyclic) bond motifs is 1. The summed E-state index contributed by atoms with van der Waals surface area (Å²) in [6.07, 6.45) is 0.130. The topological polar surface area (TPSA) is 76.8 Å². The molecule has 2 aliphatic rings. The van der Waals surface area contributed by atoms with Crippen molar-refractivity contribution in [2.75, 3.05) is 24.6 Å². The van der Waals surface area contributed by atoms with Crippen LogP contribution in [0.2, 0.25) is 0 Å². The summed E-state index contributed by atoms with van der Waals surface area (Å²) in [6, 6.07) is 11.8. The number of hydrogen-bond donors (Lipinski definition) is 1. The molecule has 154 valence electrons. The van der Waals surface area contributed by atoms with Gasteiger partial charge in [-0.1, -0.05) is 11.8 Å². The van der Waals surface area contributed by atoms with Gasteiger partial charge in [-0.2, -0.15) is 5.26 Å². The molecule has 1 amide bonds. The Balaban J connectivity index is 1.69. The van der Waals surface area contributed by atoms with Crippen LogP contribution in [0.25, 0.3) is 0 Å². The molecule has 6 nitrogen and oxygen atoms in total. The monoisotopic (exact) mass is 489 g/mol. The number of carbonyl (C=O) groups excluding carboxylic acids is 1. The number of nitriles is 1. The van der Waals surface area contributed by atoms with Crippen LogP contribution in [-0.2, 0) is 4.79 Å². The third kappa shape index (κ3) is 3.61. The molecule has 2 aromatic rings. The minimum atomic E-state index is -0.426. The number of rotatable bonds is 3. The number of anilines is 1. The van der Waals surface area contributed by atoms with Crippen molar-refractivity contribution in [3.05, 3.63) is 62.9 Å². The molecule has 2 heterocycles. The van der Waals surface area contributed by atoms with E-state index in [0.29, 0.717) is 27.6 Å². The van der Waals surface area contributed by atoms with Crippen LogP contribution in [0, 0.1) is 17.1 Å². The number of ether oxygens (including phenoxy) is 1. The standard InChI is InChI=1S/C21H17BrFN3O3S/c1-29-18-7-12(6-17(22)20(18)28)15-8-19(27)26-10-25(11-30-21(26)16(15)9-24)14-4-2-13(23)3-5-14/h2-7,15,28H,8,10-11H2,1H3/t15-/m1/s1. The average molecular weight is 490 g/mol. The van der Waals surface area contributed by atoms with E-state index < -0.39 is 5.92 Å². The summed E-state index contributed by atoms with van der Waals surface area (Å²) in [5.41, 5.74) is 2.04. The minimum absolute atomic E-state index is 0.0295. The molecule has 0 bridgehead atoms. The number of halogens is 2. The third-order valence-electron chi connectivity index (χ3n) is 5.16. The zero-order chi connectivity index (χ0) is 21.4. The van der Waals surface area contributed by atoms with Crippen LogP contribution in [0.3, 0.4) is 0 Å². The van der Waals surface area contributed by atoms with Crippen LogP contribution >= 0.6 is 27.7 Å². The van der Waals surface area contributed by atoms with E-state index in [4.69, 9.17) is 4.74 Å². The Morgan fingerprint density at radius 3 is 2.73 bits per heavy atom. The maximum Gasteiger partial charge on any atom is 0.229 e. The van der Waals surface area contributed by atoms with Gasteiger partial charge in [0.25, 0.3) is 0 Å². The number of methoxy groups -OCH3 is 1. The number of phenols is 1. The molecular weight excluding hydrogens is 473 g/mol. The highest BCUT2D eigenvalue weighted by atomic mass is 79.9. The van der Waals surface area contributed by atoms with Gasteiger partial charge >= 0.3 is 0 Å². The van der Waals surface area contributed by atoms with Gasteiger partial charge in [0.1, 0.15) is 5.82 Å². The number of thioether (sulfide) groups is 1. The van der Waals surface area contributed by atoms with Gasteiger partial charge < -0.3 is 14.7 Å². The van der Waals surface area contributed by atoms with Gasteiger partial charge in [0.2, 0.25) is 5.91 Å². The molecule has 4 rings (SSSR count). The van der Waals surface area contributed by atoms with Crippen LogP contribution in [0.15, 0.2) is 51.5 Å². The first-order valence-electron chi connectivity index (χ1n) is 9.07. The quantitative estimate of drug-likeness (QED) is 0.682. The zero-order valence-electron chi connectivity index (χ0n) is 15.9. The lowest BCUT2D eigenvalue weighted by molar-refractivity contribution is -0.129. The Bertz CT molecular complexity index is 1080. The number of nitrogens with zero attached hydrogens (tertiary/aromatic N) is 3. The molecule has 1 fully saturated rings. The first-order valence-corrected chi connectivity index (χ1v) is 10.8. The summed E-state index contributed by atoms with van der Waals surface area (Å²) in [5.74, 6) is -0.0665. The molecule has 9 heteroatoms. The Kier molecular flexibility index (Phi) is 5.62. The molecule has 0 saturated carbocycles.